The number of halogens is 2. The molecule has 0 radical (unpaired) electrons. The molecule has 116 valence electrons. The van der Waals surface area contributed by atoms with Gasteiger partial charge in [-0.15, -0.1) is 0 Å². The highest BCUT2D eigenvalue weighted by atomic mass is 19.1. The molecular formula is C15H20F2N2O2. The molecule has 3 N–H and O–H groups in total. The van der Waals surface area contributed by atoms with Crippen LogP contribution in [0.4, 0.5) is 8.78 Å². The Bertz CT molecular complexity index is 506. The molecule has 0 saturated carbocycles. The highest BCUT2D eigenvalue weighted by Crippen LogP contribution is 2.11. The Morgan fingerprint density at radius 2 is 1.95 bits per heavy atom. The van der Waals surface area contributed by atoms with Crippen molar-refractivity contribution in [2.24, 2.45) is 5.73 Å². The molecule has 0 bridgehead atoms. The molecule has 2 amide bonds. The van der Waals surface area contributed by atoms with E-state index in [1.807, 2.05) is 0 Å². The van der Waals surface area contributed by atoms with Gasteiger partial charge in [-0.2, -0.15) is 0 Å². The molecule has 0 unspecified atom stereocenters. The highest BCUT2D eigenvalue weighted by molar-refractivity contribution is 5.97. The van der Waals surface area contributed by atoms with Crippen LogP contribution in [0.2, 0.25) is 0 Å². The predicted molar refractivity (Wildman–Crippen MR) is 75.6 cm³/mol. The molecule has 1 aromatic rings. The lowest BCUT2D eigenvalue weighted by Gasteiger charge is -2.15. The number of amides is 2. The Morgan fingerprint density at radius 3 is 2.52 bits per heavy atom. The van der Waals surface area contributed by atoms with E-state index in [9.17, 15) is 18.4 Å². The second-order valence-corrected chi connectivity index (χ2v) is 4.90. The van der Waals surface area contributed by atoms with Crippen molar-refractivity contribution in [2.45, 2.75) is 45.1 Å². The first-order chi connectivity index (χ1) is 9.95. The summed E-state index contributed by atoms with van der Waals surface area (Å²) in [4.78, 5) is 23.2. The molecule has 0 heterocycles. The number of nitrogens with two attached hydrogens (primary N) is 1. The molecule has 1 atom stereocenters. The van der Waals surface area contributed by atoms with Crippen LogP contribution in [0.3, 0.4) is 0 Å². The van der Waals surface area contributed by atoms with Gasteiger partial charge in [-0.3, -0.25) is 9.59 Å². The lowest BCUT2D eigenvalue weighted by Crippen LogP contribution is -2.44. The standard InChI is InChI=1S/C15H20F2N2O2/c1-2-3-4-5-6-13(14(18)20)19-15(21)11-8-7-10(16)9-12(11)17/h7-9,13H,2-6H2,1H3,(H2,18,20)(H,19,21)/t13-/m0/s1. The van der Waals surface area contributed by atoms with E-state index >= 15 is 0 Å². The van der Waals surface area contributed by atoms with Gasteiger partial charge >= 0.3 is 0 Å². The van der Waals surface area contributed by atoms with Gasteiger partial charge in [0.05, 0.1) is 5.56 Å². The average Bonchev–Trinajstić information content (AvgIpc) is 2.41. The molecule has 1 aromatic carbocycles. The maximum atomic E-state index is 13.5. The second kappa shape index (κ2) is 8.34. The van der Waals surface area contributed by atoms with E-state index in [2.05, 4.69) is 12.2 Å². The first kappa shape index (κ1) is 17.1. The molecule has 0 aliphatic rings. The smallest absolute Gasteiger partial charge is 0.254 e. The van der Waals surface area contributed by atoms with Gasteiger partial charge in [-0.05, 0) is 18.6 Å². The number of hydrogen-bond donors (Lipinski definition) is 2. The number of unbranched alkanes of at least 4 members (excludes halogenated alkanes) is 3. The molecule has 21 heavy (non-hydrogen) atoms. The second-order valence-electron chi connectivity index (χ2n) is 4.90. The van der Waals surface area contributed by atoms with Gasteiger partial charge in [-0.25, -0.2) is 8.78 Å². The Kier molecular flexibility index (Phi) is 6.78. The normalized spacial score (nSPS) is 12.0. The van der Waals surface area contributed by atoms with Crippen LogP contribution in [0.15, 0.2) is 18.2 Å². The van der Waals surface area contributed by atoms with E-state index in [0.717, 1.165) is 37.8 Å². The summed E-state index contributed by atoms with van der Waals surface area (Å²) in [7, 11) is 0. The van der Waals surface area contributed by atoms with Crippen molar-refractivity contribution >= 4 is 11.8 Å². The van der Waals surface area contributed by atoms with E-state index in [1.54, 1.807) is 0 Å². The van der Waals surface area contributed by atoms with Crippen LogP contribution < -0.4 is 11.1 Å². The number of rotatable bonds is 8. The van der Waals surface area contributed by atoms with E-state index in [0.29, 0.717) is 12.5 Å². The number of benzene rings is 1. The highest BCUT2D eigenvalue weighted by Gasteiger charge is 2.20. The Balaban J connectivity index is 2.65. The fraction of sp³-hybridized carbons (Fsp3) is 0.467. The summed E-state index contributed by atoms with van der Waals surface area (Å²) in [6.07, 6.45) is 4.17. The van der Waals surface area contributed by atoms with Crippen LogP contribution in [-0.2, 0) is 4.79 Å². The van der Waals surface area contributed by atoms with Gasteiger partial charge < -0.3 is 11.1 Å². The Hall–Kier alpha value is -1.98. The molecule has 1 rings (SSSR count). The summed E-state index contributed by atoms with van der Waals surface area (Å²) >= 11 is 0. The number of carbonyl (C=O) groups is 2. The summed E-state index contributed by atoms with van der Waals surface area (Å²) in [6, 6.07) is 1.79. The lowest BCUT2D eigenvalue weighted by atomic mass is 10.1. The number of nitrogens with one attached hydrogen (secondary N) is 1. The summed E-state index contributed by atoms with van der Waals surface area (Å²) in [5, 5.41) is 2.39. The van der Waals surface area contributed by atoms with Crippen LogP contribution in [0.25, 0.3) is 0 Å². The van der Waals surface area contributed by atoms with E-state index in [4.69, 9.17) is 5.73 Å². The van der Waals surface area contributed by atoms with Crippen molar-refractivity contribution in [2.75, 3.05) is 0 Å². The van der Waals surface area contributed by atoms with Crippen LogP contribution in [0.5, 0.6) is 0 Å². The van der Waals surface area contributed by atoms with Crippen LogP contribution >= 0.6 is 0 Å². The summed E-state index contributed by atoms with van der Waals surface area (Å²) in [5.74, 6) is -3.18. The lowest BCUT2D eigenvalue weighted by molar-refractivity contribution is -0.120. The third kappa shape index (κ3) is 5.49. The third-order valence-electron chi connectivity index (χ3n) is 3.17. The number of primary amides is 1. The van der Waals surface area contributed by atoms with Crippen molar-refractivity contribution in [3.63, 3.8) is 0 Å². The Morgan fingerprint density at radius 1 is 1.24 bits per heavy atom. The average molecular weight is 298 g/mol. The molecule has 0 aromatic heterocycles. The SMILES string of the molecule is CCCCCC[C@H](NC(=O)c1ccc(F)cc1F)C(N)=O. The molecule has 0 saturated heterocycles. The molecule has 0 fully saturated rings. The zero-order valence-electron chi connectivity index (χ0n) is 12.0. The van der Waals surface area contributed by atoms with E-state index < -0.39 is 29.5 Å². The maximum absolute atomic E-state index is 13.5. The monoisotopic (exact) mass is 298 g/mol. The minimum absolute atomic E-state index is 0.309. The summed E-state index contributed by atoms with van der Waals surface area (Å²) < 4.78 is 26.3. The van der Waals surface area contributed by atoms with Gasteiger partial charge in [-0.1, -0.05) is 32.6 Å². The fourth-order valence-corrected chi connectivity index (χ4v) is 1.97. The fourth-order valence-electron chi connectivity index (χ4n) is 1.97. The third-order valence-corrected chi connectivity index (χ3v) is 3.17. The van der Waals surface area contributed by atoms with Crippen molar-refractivity contribution in [3.05, 3.63) is 35.4 Å². The topological polar surface area (TPSA) is 72.2 Å². The van der Waals surface area contributed by atoms with Crippen LogP contribution in [0.1, 0.15) is 49.4 Å². The Labute approximate surface area is 122 Å². The minimum Gasteiger partial charge on any atom is -0.368 e. The molecule has 4 nitrogen and oxygen atoms in total. The predicted octanol–water partition coefficient (Wildman–Crippen LogP) is 2.52. The zero-order valence-corrected chi connectivity index (χ0v) is 12.0. The van der Waals surface area contributed by atoms with E-state index in [-0.39, 0.29) is 5.56 Å². The molecule has 6 heteroatoms. The molecule has 0 aliphatic carbocycles. The minimum atomic E-state index is -0.971. The van der Waals surface area contributed by atoms with Crippen LogP contribution in [0, 0.1) is 11.6 Å². The zero-order chi connectivity index (χ0) is 15.8. The quantitative estimate of drug-likeness (QED) is 0.724. The number of carbonyl (C=O) groups excluding carboxylic acids is 2. The van der Waals surface area contributed by atoms with Gasteiger partial charge in [0, 0.05) is 6.07 Å². The van der Waals surface area contributed by atoms with Crippen molar-refractivity contribution in [1.82, 2.24) is 5.32 Å². The molecule has 0 aliphatic heterocycles. The van der Waals surface area contributed by atoms with Crippen molar-refractivity contribution in [1.29, 1.82) is 0 Å². The number of hydrogen-bond acceptors (Lipinski definition) is 2. The summed E-state index contributed by atoms with van der Waals surface area (Å²) in [5.41, 5.74) is 4.92. The van der Waals surface area contributed by atoms with Gasteiger partial charge in [0.2, 0.25) is 5.91 Å². The van der Waals surface area contributed by atoms with Gasteiger partial charge in [0.15, 0.2) is 0 Å². The maximum Gasteiger partial charge on any atom is 0.254 e. The summed E-state index contributed by atoms with van der Waals surface area (Å²) in [6.45, 7) is 2.06. The van der Waals surface area contributed by atoms with Gasteiger partial charge in [0.25, 0.3) is 5.91 Å². The van der Waals surface area contributed by atoms with Crippen LogP contribution in [-0.4, -0.2) is 17.9 Å². The first-order valence-electron chi connectivity index (χ1n) is 7.01. The molecule has 0 spiro atoms. The van der Waals surface area contributed by atoms with Crippen molar-refractivity contribution < 1.29 is 18.4 Å². The van der Waals surface area contributed by atoms with Gasteiger partial charge in [0.1, 0.15) is 17.7 Å². The first-order valence-corrected chi connectivity index (χ1v) is 7.01. The van der Waals surface area contributed by atoms with E-state index in [1.165, 1.54) is 0 Å². The van der Waals surface area contributed by atoms with Crippen molar-refractivity contribution in [3.8, 4) is 0 Å². The molecular weight excluding hydrogens is 278 g/mol. The largest absolute Gasteiger partial charge is 0.368 e.